The van der Waals surface area contributed by atoms with Crippen molar-refractivity contribution < 1.29 is 18.8 Å². The normalized spacial score (nSPS) is 30.3. The number of likely N-dealkylation sites (tertiary alicyclic amines) is 1. The van der Waals surface area contributed by atoms with Crippen LogP contribution in [0.15, 0.2) is 24.3 Å². The number of carbonyl (C=O) groups is 1. The first kappa shape index (κ1) is 16.9. The van der Waals surface area contributed by atoms with Gasteiger partial charge in [-0.1, -0.05) is 12.1 Å². The quantitative estimate of drug-likeness (QED) is 0.842. The fourth-order valence-electron chi connectivity index (χ4n) is 4.15. The van der Waals surface area contributed by atoms with Crippen molar-refractivity contribution in [2.75, 3.05) is 19.7 Å². The topological polar surface area (TPSA) is 42.0 Å². The maximum absolute atomic E-state index is 13.1. The van der Waals surface area contributed by atoms with Gasteiger partial charge in [0.1, 0.15) is 11.9 Å². The molecule has 136 valence electrons. The van der Waals surface area contributed by atoms with Gasteiger partial charge in [0, 0.05) is 25.7 Å². The molecule has 1 aromatic carbocycles. The highest BCUT2D eigenvalue weighted by Crippen LogP contribution is 2.33. The molecular formula is C19H25FN2O3. The van der Waals surface area contributed by atoms with Gasteiger partial charge in [0.2, 0.25) is 0 Å². The first-order valence-corrected chi connectivity index (χ1v) is 9.29. The Labute approximate surface area is 147 Å². The molecule has 1 amide bonds. The first-order valence-electron chi connectivity index (χ1n) is 9.29. The van der Waals surface area contributed by atoms with Crippen molar-refractivity contribution in [1.82, 2.24) is 9.96 Å². The molecule has 3 fully saturated rings. The molecule has 0 aromatic heterocycles. The summed E-state index contributed by atoms with van der Waals surface area (Å²) in [4.78, 5) is 20.4. The van der Waals surface area contributed by atoms with Crippen LogP contribution in [0.4, 0.5) is 4.39 Å². The van der Waals surface area contributed by atoms with Gasteiger partial charge in [0.15, 0.2) is 0 Å². The van der Waals surface area contributed by atoms with Gasteiger partial charge in [-0.3, -0.25) is 14.5 Å². The van der Waals surface area contributed by atoms with Gasteiger partial charge >= 0.3 is 0 Å². The Balaban J connectivity index is 1.34. The smallest absolute Gasteiger partial charge is 0.275 e. The van der Waals surface area contributed by atoms with E-state index in [2.05, 4.69) is 4.90 Å². The number of rotatable bonds is 3. The van der Waals surface area contributed by atoms with E-state index in [0.29, 0.717) is 19.2 Å². The van der Waals surface area contributed by atoms with Gasteiger partial charge in [-0.05, 0) is 49.8 Å². The predicted octanol–water partition coefficient (Wildman–Crippen LogP) is 2.50. The number of carbonyl (C=O) groups excluding carboxylic acids is 1. The van der Waals surface area contributed by atoms with Crippen molar-refractivity contribution in [3.63, 3.8) is 0 Å². The van der Waals surface area contributed by atoms with E-state index >= 15 is 0 Å². The van der Waals surface area contributed by atoms with E-state index in [0.717, 1.165) is 50.8 Å². The van der Waals surface area contributed by atoms with Crippen LogP contribution in [0, 0.1) is 5.82 Å². The second kappa shape index (κ2) is 7.40. The largest absolute Gasteiger partial charge is 0.363 e. The van der Waals surface area contributed by atoms with Crippen LogP contribution in [0.2, 0.25) is 0 Å². The molecule has 0 saturated carbocycles. The Morgan fingerprint density at radius 1 is 1.12 bits per heavy atom. The van der Waals surface area contributed by atoms with Crippen molar-refractivity contribution in [1.29, 1.82) is 0 Å². The van der Waals surface area contributed by atoms with Crippen LogP contribution in [0.25, 0.3) is 0 Å². The van der Waals surface area contributed by atoms with Crippen LogP contribution in [0.3, 0.4) is 0 Å². The Bertz CT molecular complexity index is 603. The van der Waals surface area contributed by atoms with E-state index < -0.39 is 0 Å². The molecule has 6 heteroatoms. The first-order chi connectivity index (χ1) is 12.2. The van der Waals surface area contributed by atoms with Crippen LogP contribution in [-0.2, 0) is 20.9 Å². The second-order valence-electron chi connectivity index (χ2n) is 7.17. The summed E-state index contributed by atoms with van der Waals surface area (Å²) in [5.41, 5.74) is 1.11. The SMILES string of the molecule is O=C([C@@H]1CC[C@@H]2[C@@H](CCN2Cc2ccc(F)cc2)O1)N1CCCCO1. The molecule has 3 aliphatic heterocycles. The van der Waals surface area contributed by atoms with E-state index in [4.69, 9.17) is 9.57 Å². The van der Waals surface area contributed by atoms with Crippen molar-refractivity contribution in [3.8, 4) is 0 Å². The number of nitrogens with zero attached hydrogens (tertiary/aromatic N) is 2. The monoisotopic (exact) mass is 348 g/mol. The molecule has 0 spiro atoms. The number of halogens is 1. The van der Waals surface area contributed by atoms with Crippen molar-refractivity contribution in [2.45, 2.75) is 56.9 Å². The molecular weight excluding hydrogens is 323 g/mol. The molecule has 25 heavy (non-hydrogen) atoms. The summed E-state index contributed by atoms with van der Waals surface area (Å²) in [5, 5.41) is 1.50. The van der Waals surface area contributed by atoms with E-state index in [1.165, 1.54) is 17.2 Å². The number of benzene rings is 1. The number of hydrogen-bond donors (Lipinski definition) is 0. The molecule has 4 rings (SSSR count). The zero-order valence-corrected chi connectivity index (χ0v) is 14.4. The zero-order chi connectivity index (χ0) is 17.2. The highest BCUT2D eigenvalue weighted by molar-refractivity contribution is 5.80. The molecule has 0 unspecified atom stereocenters. The molecule has 0 aliphatic carbocycles. The maximum Gasteiger partial charge on any atom is 0.275 e. The van der Waals surface area contributed by atoms with Crippen LogP contribution < -0.4 is 0 Å². The molecule has 3 saturated heterocycles. The van der Waals surface area contributed by atoms with Crippen LogP contribution in [-0.4, -0.2) is 53.8 Å². The molecule has 3 heterocycles. The summed E-state index contributed by atoms with van der Waals surface area (Å²) >= 11 is 0. The highest BCUT2D eigenvalue weighted by atomic mass is 19.1. The predicted molar refractivity (Wildman–Crippen MR) is 90.0 cm³/mol. The molecule has 0 bridgehead atoms. The van der Waals surface area contributed by atoms with Gasteiger partial charge in [0.05, 0.1) is 12.7 Å². The average molecular weight is 348 g/mol. The van der Waals surface area contributed by atoms with E-state index in [9.17, 15) is 9.18 Å². The molecule has 0 N–H and O–H groups in total. The lowest BCUT2D eigenvalue weighted by atomic mass is 9.98. The fraction of sp³-hybridized carbons (Fsp3) is 0.632. The third-order valence-corrected chi connectivity index (χ3v) is 5.49. The van der Waals surface area contributed by atoms with Gasteiger partial charge in [-0.25, -0.2) is 9.45 Å². The minimum atomic E-state index is -0.370. The number of fused-ring (bicyclic) bond motifs is 1. The zero-order valence-electron chi connectivity index (χ0n) is 14.4. The summed E-state index contributed by atoms with van der Waals surface area (Å²) in [6.07, 6.45) is 4.37. The highest BCUT2D eigenvalue weighted by Gasteiger charge is 2.42. The maximum atomic E-state index is 13.1. The molecule has 5 nitrogen and oxygen atoms in total. The Morgan fingerprint density at radius 3 is 2.72 bits per heavy atom. The molecule has 3 aliphatic rings. The van der Waals surface area contributed by atoms with Crippen LogP contribution in [0.1, 0.15) is 37.7 Å². The summed E-state index contributed by atoms with van der Waals surface area (Å²) in [7, 11) is 0. The van der Waals surface area contributed by atoms with Gasteiger partial charge in [-0.2, -0.15) is 0 Å². The van der Waals surface area contributed by atoms with E-state index in [1.54, 1.807) is 0 Å². The van der Waals surface area contributed by atoms with E-state index in [1.807, 2.05) is 12.1 Å². The van der Waals surface area contributed by atoms with Crippen LogP contribution in [0.5, 0.6) is 0 Å². The molecule has 1 aromatic rings. The average Bonchev–Trinajstić information content (AvgIpc) is 3.06. The standard InChI is InChI=1S/C19H25FN2O3/c20-15-5-3-14(4-6-15)13-21-11-9-17-16(21)7-8-18(25-17)19(23)22-10-1-2-12-24-22/h3-6,16-18H,1-2,7-13H2/t16-,17-,18+/m1/s1. The third kappa shape index (κ3) is 3.71. The summed E-state index contributed by atoms with van der Waals surface area (Å²) in [6, 6.07) is 7.04. The van der Waals surface area contributed by atoms with Gasteiger partial charge in [0.25, 0.3) is 5.91 Å². The molecule has 0 radical (unpaired) electrons. The number of hydroxylamine groups is 2. The lowest BCUT2D eigenvalue weighted by molar-refractivity contribution is -0.213. The Morgan fingerprint density at radius 2 is 1.96 bits per heavy atom. The minimum Gasteiger partial charge on any atom is -0.363 e. The lowest BCUT2D eigenvalue weighted by Crippen LogP contribution is -2.49. The summed E-state index contributed by atoms with van der Waals surface area (Å²) < 4.78 is 19.2. The minimum absolute atomic E-state index is 0.0184. The number of hydrogen-bond acceptors (Lipinski definition) is 4. The van der Waals surface area contributed by atoms with E-state index in [-0.39, 0.29) is 23.9 Å². The van der Waals surface area contributed by atoms with Crippen molar-refractivity contribution in [3.05, 3.63) is 35.6 Å². The number of amides is 1. The Kier molecular flexibility index (Phi) is 5.01. The van der Waals surface area contributed by atoms with Crippen molar-refractivity contribution >= 4 is 5.91 Å². The third-order valence-electron chi connectivity index (χ3n) is 5.49. The number of ether oxygens (including phenoxy) is 1. The molecule has 3 atom stereocenters. The fourth-order valence-corrected chi connectivity index (χ4v) is 4.15. The van der Waals surface area contributed by atoms with Gasteiger partial charge in [-0.15, -0.1) is 0 Å². The van der Waals surface area contributed by atoms with Crippen LogP contribution >= 0.6 is 0 Å². The van der Waals surface area contributed by atoms with Gasteiger partial charge < -0.3 is 4.74 Å². The Hall–Kier alpha value is -1.50. The second-order valence-corrected chi connectivity index (χ2v) is 7.17. The summed E-state index contributed by atoms with van der Waals surface area (Å²) in [6.45, 7) is 3.05. The van der Waals surface area contributed by atoms with Crippen molar-refractivity contribution in [2.24, 2.45) is 0 Å². The lowest BCUT2D eigenvalue weighted by Gasteiger charge is -2.37. The summed E-state index contributed by atoms with van der Waals surface area (Å²) in [5.74, 6) is -0.222.